The zero-order valence-corrected chi connectivity index (χ0v) is 13.3. The van der Waals surface area contributed by atoms with Crippen LogP contribution in [0.2, 0.25) is 0 Å². The molecule has 3 aromatic heterocycles. The molecule has 0 amide bonds. The summed E-state index contributed by atoms with van der Waals surface area (Å²) < 4.78 is 3.46. The first kappa shape index (κ1) is 14.3. The summed E-state index contributed by atoms with van der Waals surface area (Å²) in [5, 5.41) is 12.7. The molecule has 4 rings (SSSR count). The highest BCUT2D eigenvalue weighted by atomic mass is 15.3. The second-order valence-corrected chi connectivity index (χ2v) is 5.53. The molecule has 0 saturated heterocycles. The number of hydrogen-bond acceptors (Lipinski definition) is 6. The van der Waals surface area contributed by atoms with Crippen LogP contribution in [0.3, 0.4) is 0 Å². The summed E-state index contributed by atoms with van der Waals surface area (Å²) >= 11 is 0. The third-order valence-corrected chi connectivity index (χ3v) is 3.96. The molecular formula is C16H16N8. The van der Waals surface area contributed by atoms with Crippen LogP contribution in [0.4, 0.5) is 5.82 Å². The first-order valence-corrected chi connectivity index (χ1v) is 7.56. The molecule has 0 aliphatic heterocycles. The zero-order chi connectivity index (χ0) is 16.5. The van der Waals surface area contributed by atoms with E-state index in [9.17, 15) is 0 Å². The molecule has 1 aromatic carbocycles. The van der Waals surface area contributed by atoms with Gasteiger partial charge in [-0.2, -0.15) is 10.2 Å². The molecule has 120 valence electrons. The number of anilines is 1. The van der Waals surface area contributed by atoms with Crippen molar-refractivity contribution in [2.24, 2.45) is 7.05 Å². The summed E-state index contributed by atoms with van der Waals surface area (Å²) in [6, 6.07) is 8.25. The van der Waals surface area contributed by atoms with Crippen molar-refractivity contribution in [2.45, 2.75) is 13.0 Å². The van der Waals surface area contributed by atoms with E-state index in [-0.39, 0.29) is 6.04 Å². The summed E-state index contributed by atoms with van der Waals surface area (Å²) in [7, 11) is 1.87. The quantitative estimate of drug-likeness (QED) is 0.620. The standard InChI is InChI=1S/C16H16N8/c1-11(12-3-5-13(6-4-12)24-10-17-8-21-24)22-15-14-7-20-23(2)16(14)19-9-18-15/h3-11H,1-2H3,(H,18,19,22). The predicted octanol–water partition coefficient (Wildman–Crippen LogP) is 2.12. The zero-order valence-electron chi connectivity index (χ0n) is 13.3. The Morgan fingerprint density at radius 3 is 2.62 bits per heavy atom. The topological polar surface area (TPSA) is 86.3 Å². The maximum Gasteiger partial charge on any atom is 0.163 e. The van der Waals surface area contributed by atoms with E-state index in [2.05, 4.69) is 49.5 Å². The minimum atomic E-state index is 0.0908. The van der Waals surface area contributed by atoms with Crippen molar-refractivity contribution >= 4 is 16.9 Å². The van der Waals surface area contributed by atoms with Crippen molar-refractivity contribution in [3.63, 3.8) is 0 Å². The third-order valence-electron chi connectivity index (χ3n) is 3.96. The Bertz CT molecular complexity index is 956. The second-order valence-electron chi connectivity index (χ2n) is 5.53. The van der Waals surface area contributed by atoms with E-state index in [1.807, 2.05) is 19.2 Å². The molecule has 4 aromatic rings. The summed E-state index contributed by atoms with van der Waals surface area (Å²) in [4.78, 5) is 12.6. The number of hydrogen-bond donors (Lipinski definition) is 1. The molecule has 8 nitrogen and oxygen atoms in total. The fourth-order valence-corrected chi connectivity index (χ4v) is 2.62. The number of nitrogens with zero attached hydrogens (tertiary/aromatic N) is 7. The normalized spacial score (nSPS) is 12.4. The average Bonchev–Trinajstić information content (AvgIpc) is 3.26. The Labute approximate surface area is 138 Å². The van der Waals surface area contributed by atoms with Gasteiger partial charge in [0.25, 0.3) is 0 Å². The Morgan fingerprint density at radius 1 is 1.04 bits per heavy atom. The van der Waals surface area contributed by atoms with Gasteiger partial charge in [-0.25, -0.2) is 19.6 Å². The van der Waals surface area contributed by atoms with E-state index in [1.54, 1.807) is 28.2 Å². The van der Waals surface area contributed by atoms with Crippen LogP contribution in [0, 0.1) is 0 Å². The molecule has 0 bridgehead atoms. The maximum atomic E-state index is 4.35. The molecule has 0 fully saturated rings. The average molecular weight is 320 g/mol. The van der Waals surface area contributed by atoms with Crippen molar-refractivity contribution in [1.29, 1.82) is 0 Å². The first-order chi connectivity index (χ1) is 11.7. The fourth-order valence-electron chi connectivity index (χ4n) is 2.62. The lowest BCUT2D eigenvalue weighted by atomic mass is 10.1. The van der Waals surface area contributed by atoms with Crippen LogP contribution in [0.5, 0.6) is 0 Å². The molecule has 1 atom stereocenters. The van der Waals surface area contributed by atoms with Crippen molar-refractivity contribution in [2.75, 3.05) is 5.32 Å². The van der Waals surface area contributed by atoms with Crippen LogP contribution < -0.4 is 5.32 Å². The van der Waals surface area contributed by atoms with Crippen LogP contribution in [-0.2, 0) is 7.05 Å². The van der Waals surface area contributed by atoms with Gasteiger partial charge in [-0.05, 0) is 24.6 Å². The lowest BCUT2D eigenvalue weighted by Gasteiger charge is -2.15. The van der Waals surface area contributed by atoms with Gasteiger partial charge < -0.3 is 5.32 Å². The molecule has 1 unspecified atom stereocenters. The van der Waals surface area contributed by atoms with Crippen LogP contribution >= 0.6 is 0 Å². The molecule has 0 aliphatic rings. The molecule has 0 saturated carbocycles. The summed E-state index contributed by atoms with van der Waals surface area (Å²) in [5.41, 5.74) is 2.93. The van der Waals surface area contributed by atoms with Crippen LogP contribution in [0.1, 0.15) is 18.5 Å². The summed E-state index contributed by atoms with van der Waals surface area (Å²) in [6.45, 7) is 2.09. The lowest BCUT2D eigenvalue weighted by molar-refractivity contribution is 0.785. The molecule has 0 spiro atoms. The van der Waals surface area contributed by atoms with Gasteiger partial charge in [0.2, 0.25) is 0 Å². The fraction of sp³-hybridized carbons (Fsp3) is 0.188. The number of aryl methyl sites for hydroxylation is 1. The Kier molecular flexibility index (Phi) is 3.42. The van der Waals surface area contributed by atoms with Crippen LogP contribution in [0.15, 0.2) is 49.4 Å². The highest BCUT2D eigenvalue weighted by Gasteiger charge is 2.11. The van der Waals surface area contributed by atoms with E-state index in [4.69, 9.17) is 0 Å². The number of aromatic nitrogens is 7. The lowest BCUT2D eigenvalue weighted by Crippen LogP contribution is -2.09. The van der Waals surface area contributed by atoms with Crippen molar-refractivity contribution in [3.05, 3.63) is 55.0 Å². The van der Waals surface area contributed by atoms with Gasteiger partial charge in [0, 0.05) is 13.1 Å². The van der Waals surface area contributed by atoms with Crippen LogP contribution in [0.25, 0.3) is 16.7 Å². The van der Waals surface area contributed by atoms with Gasteiger partial charge in [-0.1, -0.05) is 12.1 Å². The van der Waals surface area contributed by atoms with Crippen LogP contribution in [-0.4, -0.2) is 34.5 Å². The van der Waals surface area contributed by atoms with Gasteiger partial charge in [0.05, 0.1) is 17.3 Å². The van der Waals surface area contributed by atoms with E-state index in [0.29, 0.717) is 0 Å². The van der Waals surface area contributed by atoms with E-state index >= 15 is 0 Å². The molecule has 1 N–H and O–H groups in total. The molecule has 8 heteroatoms. The van der Waals surface area contributed by atoms with Crippen molar-refractivity contribution in [3.8, 4) is 5.69 Å². The second kappa shape index (κ2) is 5.73. The van der Waals surface area contributed by atoms with Crippen molar-refractivity contribution in [1.82, 2.24) is 34.5 Å². The van der Waals surface area contributed by atoms with E-state index in [1.165, 1.54) is 6.33 Å². The van der Waals surface area contributed by atoms with Gasteiger partial charge in [0.15, 0.2) is 5.65 Å². The Hall–Kier alpha value is -3.29. The van der Waals surface area contributed by atoms with Gasteiger partial charge >= 0.3 is 0 Å². The molecule has 0 radical (unpaired) electrons. The monoisotopic (exact) mass is 320 g/mol. The van der Waals surface area contributed by atoms with Gasteiger partial charge in [-0.3, -0.25) is 4.68 Å². The van der Waals surface area contributed by atoms with Gasteiger partial charge in [0.1, 0.15) is 24.8 Å². The maximum absolute atomic E-state index is 4.35. The van der Waals surface area contributed by atoms with E-state index < -0.39 is 0 Å². The SMILES string of the molecule is CC(Nc1ncnc2c1cnn2C)c1ccc(-n2cncn2)cc1. The number of benzene rings is 1. The summed E-state index contributed by atoms with van der Waals surface area (Å²) in [6.07, 6.45) is 6.52. The largest absolute Gasteiger partial charge is 0.363 e. The number of rotatable bonds is 4. The molecule has 0 aliphatic carbocycles. The number of fused-ring (bicyclic) bond motifs is 1. The highest BCUT2D eigenvalue weighted by molar-refractivity contribution is 5.86. The minimum Gasteiger partial charge on any atom is -0.363 e. The Morgan fingerprint density at radius 2 is 1.88 bits per heavy atom. The molecule has 3 heterocycles. The smallest absolute Gasteiger partial charge is 0.163 e. The summed E-state index contributed by atoms with van der Waals surface area (Å²) in [5.74, 6) is 0.779. The predicted molar refractivity (Wildman–Crippen MR) is 89.7 cm³/mol. The van der Waals surface area contributed by atoms with Crippen molar-refractivity contribution < 1.29 is 0 Å². The molecule has 24 heavy (non-hydrogen) atoms. The first-order valence-electron chi connectivity index (χ1n) is 7.56. The molecular weight excluding hydrogens is 304 g/mol. The minimum absolute atomic E-state index is 0.0908. The van der Waals surface area contributed by atoms with E-state index in [0.717, 1.165) is 28.1 Å². The number of nitrogens with one attached hydrogen (secondary N) is 1. The Balaban J connectivity index is 1.58. The third kappa shape index (κ3) is 2.47. The van der Waals surface area contributed by atoms with Gasteiger partial charge in [-0.15, -0.1) is 0 Å². The highest BCUT2D eigenvalue weighted by Crippen LogP contribution is 2.24.